The minimum atomic E-state index is -1.20. The second-order valence-corrected chi connectivity index (χ2v) is 9.01. The Hall–Kier alpha value is -1.85. The summed E-state index contributed by atoms with van der Waals surface area (Å²) in [5.41, 5.74) is 0. The van der Waals surface area contributed by atoms with E-state index in [0.29, 0.717) is 6.42 Å². The molecule has 31 heavy (non-hydrogen) atoms. The van der Waals surface area contributed by atoms with Crippen molar-refractivity contribution in [2.75, 3.05) is 12.3 Å². The van der Waals surface area contributed by atoms with Gasteiger partial charge in [-0.05, 0) is 12.8 Å². The second-order valence-electron chi connectivity index (χ2n) is 7.74. The van der Waals surface area contributed by atoms with Crippen LogP contribution in [0.15, 0.2) is 0 Å². The summed E-state index contributed by atoms with van der Waals surface area (Å²) in [6, 6.07) is -0.981. The Balaban J connectivity index is 2.67. The molecule has 1 rings (SSSR count). The number of unbranched alkanes of at least 4 members (excludes halogenated alkanes) is 2. The standard InChI is InChI=1S/C20H34N2O8S/c1-3-4-5-6-14-15(9-18(26)30-14)31-11-13(19(27)21-10-17(24)25)22-16(23)8-7-12(2)20(28)29/h12-15,18,26H,3-11H2,1-2H3,(H,21,27)(H,22,23)(H,24,25)(H,28,29)/t12-,13+,14?,15?,18?/m0/s1. The van der Waals surface area contributed by atoms with Gasteiger partial charge in [-0.2, -0.15) is 11.8 Å². The zero-order valence-corrected chi connectivity index (χ0v) is 18.9. The molecule has 0 radical (unpaired) electrons. The summed E-state index contributed by atoms with van der Waals surface area (Å²) in [5, 5.41) is 32.4. The van der Waals surface area contributed by atoms with Gasteiger partial charge in [0.25, 0.3) is 0 Å². The monoisotopic (exact) mass is 462 g/mol. The van der Waals surface area contributed by atoms with Gasteiger partial charge in [0.05, 0.1) is 12.0 Å². The van der Waals surface area contributed by atoms with Crippen LogP contribution in [-0.4, -0.2) is 75.1 Å². The Labute approximate surface area is 186 Å². The molecule has 0 bridgehead atoms. The molecule has 0 aromatic heterocycles. The lowest BCUT2D eigenvalue weighted by Crippen LogP contribution is -2.49. The first-order valence-electron chi connectivity index (χ1n) is 10.6. The number of carboxylic acid groups (broad SMARTS) is 2. The highest BCUT2D eigenvalue weighted by molar-refractivity contribution is 8.00. The van der Waals surface area contributed by atoms with E-state index in [1.165, 1.54) is 18.7 Å². The Morgan fingerprint density at radius 2 is 1.90 bits per heavy atom. The molecule has 10 nitrogen and oxygen atoms in total. The van der Waals surface area contributed by atoms with Gasteiger partial charge in [-0.1, -0.05) is 33.1 Å². The summed E-state index contributed by atoms with van der Waals surface area (Å²) in [6.45, 7) is 3.01. The number of nitrogens with one attached hydrogen (secondary N) is 2. The molecular formula is C20H34N2O8S. The molecule has 1 heterocycles. The molecule has 5 N–H and O–H groups in total. The molecule has 0 spiro atoms. The van der Waals surface area contributed by atoms with Gasteiger partial charge in [0.15, 0.2) is 6.29 Å². The predicted octanol–water partition coefficient (Wildman–Crippen LogP) is 0.962. The van der Waals surface area contributed by atoms with Crippen molar-refractivity contribution in [3.8, 4) is 0 Å². The van der Waals surface area contributed by atoms with Crippen LogP contribution in [0.5, 0.6) is 0 Å². The molecule has 1 fully saturated rings. The van der Waals surface area contributed by atoms with Crippen LogP contribution >= 0.6 is 11.8 Å². The maximum Gasteiger partial charge on any atom is 0.322 e. The number of aliphatic hydroxyl groups is 1. The first kappa shape index (κ1) is 27.2. The zero-order chi connectivity index (χ0) is 23.4. The number of amides is 2. The van der Waals surface area contributed by atoms with Gasteiger partial charge in [-0.15, -0.1) is 0 Å². The number of ether oxygens (including phenoxy) is 1. The van der Waals surface area contributed by atoms with Crippen LogP contribution in [0.4, 0.5) is 0 Å². The lowest BCUT2D eigenvalue weighted by molar-refractivity contribution is -0.141. The van der Waals surface area contributed by atoms with E-state index in [0.717, 1.165) is 25.7 Å². The molecule has 1 saturated heterocycles. The van der Waals surface area contributed by atoms with Crippen LogP contribution in [0, 0.1) is 5.92 Å². The smallest absolute Gasteiger partial charge is 0.322 e. The van der Waals surface area contributed by atoms with E-state index in [-0.39, 0.29) is 29.9 Å². The van der Waals surface area contributed by atoms with Crippen LogP contribution in [-0.2, 0) is 23.9 Å². The summed E-state index contributed by atoms with van der Waals surface area (Å²) >= 11 is 1.39. The van der Waals surface area contributed by atoms with Gasteiger partial charge in [0.2, 0.25) is 11.8 Å². The molecule has 178 valence electrons. The lowest BCUT2D eigenvalue weighted by atomic mass is 10.1. The van der Waals surface area contributed by atoms with E-state index in [9.17, 15) is 24.3 Å². The summed E-state index contributed by atoms with van der Waals surface area (Å²) in [5.74, 6) is -3.84. The third-order valence-corrected chi connectivity index (χ3v) is 6.49. The summed E-state index contributed by atoms with van der Waals surface area (Å²) < 4.78 is 5.57. The third-order valence-electron chi connectivity index (χ3n) is 5.04. The molecule has 11 heteroatoms. The summed E-state index contributed by atoms with van der Waals surface area (Å²) in [4.78, 5) is 46.3. The number of thioether (sulfide) groups is 1. The maximum atomic E-state index is 12.4. The van der Waals surface area contributed by atoms with Crippen LogP contribution in [0.2, 0.25) is 0 Å². The number of hydrogen-bond acceptors (Lipinski definition) is 7. The van der Waals surface area contributed by atoms with Gasteiger partial charge >= 0.3 is 11.9 Å². The molecule has 5 atom stereocenters. The van der Waals surface area contributed by atoms with Gasteiger partial charge < -0.3 is 30.7 Å². The van der Waals surface area contributed by atoms with Crippen molar-refractivity contribution in [1.29, 1.82) is 0 Å². The van der Waals surface area contributed by atoms with E-state index in [1.54, 1.807) is 0 Å². The van der Waals surface area contributed by atoms with Crippen molar-refractivity contribution in [2.24, 2.45) is 5.92 Å². The highest BCUT2D eigenvalue weighted by Crippen LogP contribution is 2.33. The van der Waals surface area contributed by atoms with Crippen LogP contribution in [0.1, 0.15) is 58.8 Å². The molecule has 0 aliphatic carbocycles. The average molecular weight is 463 g/mol. The topological polar surface area (TPSA) is 162 Å². The number of aliphatic hydroxyl groups excluding tert-OH is 1. The Morgan fingerprint density at radius 1 is 1.19 bits per heavy atom. The highest BCUT2D eigenvalue weighted by atomic mass is 32.2. The van der Waals surface area contributed by atoms with E-state index in [4.69, 9.17) is 14.9 Å². The third kappa shape index (κ3) is 10.8. The molecule has 1 aliphatic rings. The highest BCUT2D eigenvalue weighted by Gasteiger charge is 2.35. The van der Waals surface area contributed by atoms with Crippen LogP contribution < -0.4 is 10.6 Å². The van der Waals surface area contributed by atoms with Crippen molar-refractivity contribution in [3.63, 3.8) is 0 Å². The molecule has 0 saturated carbocycles. The van der Waals surface area contributed by atoms with Crippen molar-refractivity contribution >= 4 is 35.5 Å². The Bertz CT molecular complexity index is 618. The van der Waals surface area contributed by atoms with Gasteiger partial charge in [0.1, 0.15) is 12.6 Å². The first-order valence-corrected chi connectivity index (χ1v) is 11.7. The number of carboxylic acids is 2. The van der Waals surface area contributed by atoms with E-state index in [2.05, 4.69) is 17.6 Å². The van der Waals surface area contributed by atoms with E-state index < -0.39 is 48.5 Å². The Kier molecular flexibility index (Phi) is 12.5. The number of carbonyl (C=O) groups excluding carboxylic acids is 2. The van der Waals surface area contributed by atoms with Crippen LogP contribution in [0.3, 0.4) is 0 Å². The van der Waals surface area contributed by atoms with Crippen molar-refractivity contribution in [1.82, 2.24) is 10.6 Å². The average Bonchev–Trinajstić information content (AvgIpc) is 3.06. The summed E-state index contributed by atoms with van der Waals surface area (Å²) in [6.07, 6.45) is 3.32. The van der Waals surface area contributed by atoms with Crippen molar-refractivity contribution < 1.29 is 39.2 Å². The van der Waals surface area contributed by atoms with E-state index >= 15 is 0 Å². The van der Waals surface area contributed by atoms with Gasteiger partial charge in [-0.3, -0.25) is 19.2 Å². The predicted molar refractivity (Wildman–Crippen MR) is 114 cm³/mol. The SMILES string of the molecule is CCCCCC1OC(O)CC1SC[C@@H](NC(=O)CC[C@H](C)C(=O)O)C(=O)NCC(=O)O. The van der Waals surface area contributed by atoms with Crippen molar-refractivity contribution in [2.45, 2.75) is 82.5 Å². The molecule has 0 aromatic carbocycles. The lowest BCUT2D eigenvalue weighted by Gasteiger charge is -2.22. The number of carbonyl (C=O) groups is 4. The van der Waals surface area contributed by atoms with E-state index in [1.807, 2.05) is 0 Å². The number of aliphatic carboxylic acids is 2. The second kappa shape index (κ2) is 14.3. The normalized spacial score (nSPS) is 22.5. The molecule has 0 aromatic rings. The Morgan fingerprint density at radius 3 is 2.52 bits per heavy atom. The van der Waals surface area contributed by atoms with Crippen LogP contribution in [0.25, 0.3) is 0 Å². The zero-order valence-electron chi connectivity index (χ0n) is 18.0. The first-order chi connectivity index (χ1) is 14.6. The molecule has 2 amide bonds. The molecule has 3 unspecified atom stereocenters. The van der Waals surface area contributed by atoms with Gasteiger partial charge in [-0.25, -0.2) is 0 Å². The fourth-order valence-corrected chi connectivity index (χ4v) is 4.54. The fourth-order valence-electron chi connectivity index (χ4n) is 3.15. The maximum absolute atomic E-state index is 12.4. The quantitative estimate of drug-likeness (QED) is 0.223. The minimum Gasteiger partial charge on any atom is -0.481 e. The van der Waals surface area contributed by atoms with Gasteiger partial charge in [0, 0.05) is 23.8 Å². The largest absolute Gasteiger partial charge is 0.481 e. The fraction of sp³-hybridized carbons (Fsp3) is 0.800. The van der Waals surface area contributed by atoms with Crippen molar-refractivity contribution in [3.05, 3.63) is 0 Å². The number of hydrogen-bond donors (Lipinski definition) is 5. The molecule has 1 aliphatic heterocycles. The summed E-state index contributed by atoms with van der Waals surface area (Å²) in [7, 11) is 0. The number of rotatable bonds is 15. The minimum absolute atomic E-state index is 0.0504. The molecular weight excluding hydrogens is 428 g/mol.